The zero-order valence-electron chi connectivity index (χ0n) is 5.40. The second-order valence-electron chi connectivity index (χ2n) is 2.01. The molecule has 0 aromatic rings. The molecule has 0 aromatic carbocycles. The van der Waals surface area contributed by atoms with Crippen LogP contribution in [0.5, 0.6) is 0 Å². The Morgan fingerprint density at radius 3 is 3.10 bits per heavy atom. The molecule has 0 saturated heterocycles. The molecule has 0 unspecified atom stereocenters. The molecule has 0 aromatic heterocycles. The summed E-state index contributed by atoms with van der Waals surface area (Å²) in [5.74, 6) is 0. The van der Waals surface area contributed by atoms with E-state index in [1.54, 1.807) is 0 Å². The largest absolute Gasteiger partial charge is 0.451 e. The molecule has 4 heteroatoms. The highest BCUT2D eigenvalue weighted by atomic mass is 16.3. The van der Waals surface area contributed by atoms with Crippen LogP contribution in [0.1, 0.15) is 5.69 Å². The van der Waals surface area contributed by atoms with E-state index in [0.717, 1.165) is 11.4 Å². The third-order valence-electron chi connectivity index (χ3n) is 1.32. The topological polar surface area (TPSA) is 51.8 Å². The van der Waals surface area contributed by atoms with Gasteiger partial charge >= 0.3 is 0 Å². The van der Waals surface area contributed by atoms with E-state index in [9.17, 15) is 0 Å². The number of nitrogens with zero attached hydrogens (tertiary/aromatic N) is 3. The van der Waals surface area contributed by atoms with Crippen LogP contribution in [0.15, 0.2) is 17.1 Å². The summed E-state index contributed by atoms with van der Waals surface area (Å²) in [5, 5.41) is 7.64. The van der Waals surface area contributed by atoms with E-state index in [2.05, 4.69) is 15.2 Å². The SMILES string of the molecule is Cc1nnc2cocnc1-2. The lowest BCUT2D eigenvalue weighted by Crippen LogP contribution is -1.80. The predicted molar refractivity (Wildman–Crippen MR) is 33.5 cm³/mol. The lowest BCUT2D eigenvalue weighted by atomic mass is 10.3. The molecule has 0 spiro atoms. The van der Waals surface area contributed by atoms with Gasteiger partial charge in [-0.1, -0.05) is 0 Å². The summed E-state index contributed by atoms with van der Waals surface area (Å²) in [7, 11) is 0. The Bertz CT molecular complexity index is 317. The van der Waals surface area contributed by atoms with Crippen molar-refractivity contribution in [2.24, 2.45) is 0 Å². The van der Waals surface area contributed by atoms with Crippen molar-refractivity contribution in [1.29, 1.82) is 0 Å². The van der Waals surface area contributed by atoms with Crippen LogP contribution in [-0.4, -0.2) is 15.2 Å². The average Bonchev–Trinajstić information content (AvgIpc) is 2.34. The molecule has 2 heterocycles. The summed E-state index contributed by atoms with van der Waals surface area (Å²) in [6.45, 7) is 1.86. The molecule has 2 aliphatic rings. The summed E-state index contributed by atoms with van der Waals surface area (Å²) in [6, 6.07) is 0. The van der Waals surface area contributed by atoms with Gasteiger partial charge in [0.15, 0.2) is 6.39 Å². The second-order valence-corrected chi connectivity index (χ2v) is 2.01. The molecule has 0 atom stereocenters. The van der Waals surface area contributed by atoms with Crippen molar-refractivity contribution >= 4 is 0 Å². The smallest absolute Gasteiger partial charge is 0.181 e. The minimum atomic E-state index is 0.708. The fourth-order valence-electron chi connectivity index (χ4n) is 0.826. The Balaban J connectivity index is 2.78. The Hall–Kier alpha value is -1.45. The molecule has 2 aliphatic heterocycles. The predicted octanol–water partition coefficient (Wildman–Crippen LogP) is 0.878. The number of fused-ring (bicyclic) bond motifs is 1. The van der Waals surface area contributed by atoms with Crippen LogP contribution in [0.3, 0.4) is 0 Å². The highest BCUT2D eigenvalue weighted by Crippen LogP contribution is 2.17. The normalized spacial score (nSPS) is 10.5. The molecular formula is C6H5N3O. The molecule has 0 saturated carbocycles. The van der Waals surface area contributed by atoms with Crippen LogP contribution >= 0.6 is 0 Å². The first-order chi connectivity index (χ1) is 4.88. The van der Waals surface area contributed by atoms with Gasteiger partial charge in [0.1, 0.15) is 17.7 Å². The number of aromatic nitrogens is 3. The van der Waals surface area contributed by atoms with Crippen molar-refractivity contribution in [1.82, 2.24) is 15.2 Å². The first kappa shape index (κ1) is 5.34. The first-order valence-electron chi connectivity index (χ1n) is 2.89. The maximum Gasteiger partial charge on any atom is 0.181 e. The van der Waals surface area contributed by atoms with E-state index >= 15 is 0 Å². The van der Waals surface area contributed by atoms with Crippen LogP contribution in [0.4, 0.5) is 0 Å². The van der Waals surface area contributed by atoms with Gasteiger partial charge < -0.3 is 4.42 Å². The van der Waals surface area contributed by atoms with Crippen LogP contribution in [0.25, 0.3) is 11.4 Å². The quantitative estimate of drug-likeness (QED) is 0.538. The van der Waals surface area contributed by atoms with Gasteiger partial charge in [-0.05, 0) is 6.92 Å². The molecule has 2 rings (SSSR count). The number of hydrogen-bond acceptors (Lipinski definition) is 4. The van der Waals surface area contributed by atoms with Crippen molar-refractivity contribution < 1.29 is 4.42 Å². The number of aryl methyl sites for hydroxylation is 1. The minimum absolute atomic E-state index is 0.708. The molecule has 50 valence electrons. The summed E-state index contributed by atoms with van der Waals surface area (Å²) in [5.41, 5.74) is 2.36. The van der Waals surface area contributed by atoms with Crippen molar-refractivity contribution in [3.05, 3.63) is 18.4 Å². The van der Waals surface area contributed by atoms with Gasteiger partial charge in [-0.25, -0.2) is 4.98 Å². The fraction of sp³-hybridized carbons (Fsp3) is 0.167. The summed E-state index contributed by atoms with van der Waals surface area (Å²) in [6.07, 6.45) is 2.90. The number of hydrogen-bond donors (Lipinski definition) is 0. The highest BCUT2D eigenvalue weighted by molar-refractivity contribution is 5.55. The Labute approximate surface area is 57.3 Å². The van der Waals surface area contributed by atoms with E-state index in [0.29, 0.717) is 5.69 Å². The maximum atomic E-state index is 4.79. The van der Waals surface area contributed by atoms with Gasteiger partial charge in [-0.3, -0.25) is 0 Å². The van der Waals surface area contributed by atoms with Crippen molar-refractivity contribution in [3.8, 4) is 11.4 Å². The van der Waals surface area contributed by atoms with Gasteiger partial charge in [-0.2, -0.15) is 5.10 Å². The van der Waals surface area contributed by atoms with E-state index in [1.807, 2.05) is 6.92 Å². The molecular weight excluding hydrogens is 130 g/mol. The standard InChI is InChI=1S/C6H5N3O/c1-4-6-5(9-8-4)2-10-3-7-6/h2-3H,1H3. The van der Waals surface area contributed by atoms with Crippen molar-refractivity contribution in [3.63, 3.8) is 0 Å². The molecule has 0 aliphatic carbocycles. The van der Waals surface area contributed by atoms with Gasteiger partial charge in [0, 0.05) is 0 Å². The van der Waals surface area contributed by atoms with E-state index in [4.69, 9.17) is 4.42 Å². The highest BCUT2D eigenvalue weighted by Gasteiger charge is 2.09. The van der Waals surface area contributed by atoms with E-state index < -0.39 is 0 Å². The molecule has 4 nitrogen and oxygen atoms in total. The summed E-state index contributed by atoms with van der Waals surface area (Å²) >= 11 is 0. The van der Waals surface area contributed by atoms with Gasteiger partial charge in [0.05, 0.1) is 5.69 Å². The minimum Gasteiger partial charge on any atom is -0.451 e. The molecule has 0 fully saturated rings. The summed E-state index contributed by atoms with van der Waals surface area (Å²) < 4.78 is 4.79. The van der Waals surface area contributed by atoms with E-state index in [-0.39, 0.29) is 0 Å². The molecule has 0 N–H and O–H groups in total. The Kier molecular flexibility index (Phi) is 0.943. The van der Waals surface area contributed by atoms with Crippen LogP contribution < -0.4 is 0 Å². The lowest BCUT2D eigenvalue weighted by Gasteiger charge is -1.90. The zero-order chi connectivity index (χ0) is 6.97. The van der Waals surface area contributed by atoms with Crippen molar-refractivity contribution in [2.75, 3.05) is 0 Å². The lowest BCUT2D eigenvalue weighted by molar-refractivity contribution is 0.527. The summed E-state index contributed by atoms with van der Waals surface area (Å²) in [4.78, 5) is 3.95. The molecule has 0 bridgehead atoms. The van der Waals surface area contributed by atoms with Gasteiger partial charge in [0.25, 0.3) is 0 Å². The van der Waals surface area contributed by atoms with E-state index in [1.165, 1.54) is 12.7 Å². The van der Waals surface area contributed by atoms with Gasteiger partial charge in [-0.15, -0.1) is 5.10 Å². The Morgan fingerprint density at radius 2 is 2.30 bits per heavy atom. The van der Waals surface area contributed by atoms with Gasteiger partial charge in [0.2, 0.25) is 0 Å². The molecule has 0 radical (unpaired) electrons. The first-order valence-corrected chi connectivity index (χ1v) is 2.89. The number of rotatable bonds is 0. The second kappa shape index (κ2) is 1.76. The zero-order valence-corrected chi connectivity index (χ0v) is 5.40. The average molecular weight is 135 g/mol. The third-order valence-corrected chi connectivity index (χ3v) is 1.32. The third kappa shape index (κ3) is 0.586. The fourth-order valence-corrected chi connectivity index (χ4v) is 0.826. The van der Waals surface area contributed by atoms with Crippen LogP contribution in [0, 0.1) is 6.92 Å². The molecule has 0 amide bonds. The maximum absolute atomic E-state index is 4.79. The molecule has 10 heavy (non-hydrogen) atoms. The monoisotopic (exact) mass is 135 g/mol. The van der Waals surface area contributed by atoms with Crippen LogP contribution in [-0.2, 0) is 0 Å². The van der Waals surface area contributed by atoms with Crippen molar-refractivity contribution in [2.45, 2.75) is 6.92 Å². The van der Waals surface area contributed by atoms with Crippen LogP contribution in [0.2, 0.25) is 0 Å². The Morgan fingerprint density at radius 1 is 1.40 bits per heavy atom.